The van der Waals surface area contributed by atoms with Crippen LogP contribution in [-0.2, 0) is 0 Å². The van der Waals surface area contributed by atoms with Crippen LogP contribution in [-0.4, -0.2) is 11.6 Å². The Hall–Kier alpha value is -1.87. The van der Waals surface area contributed by atoms with Gasteiger partial charge in [0.1, 0.15) is 5.75 Å². The first kappa shape index (κ1) is 12.6. The molecule has 0 aliphatic heterocycles. The summed E-state index contributed by atoms with van der Waals surface area (Å²) in [5, 5.41) is 0. The maximum atomic E-state index is 6.31. The van der Waals surface area contributed by atoms with Gasteiger partial charge < -0.3 is 10.5 Å². The van der Waals surface area contributed by atoms with E-state index in [1.54, 1.807) is 6.20 Å². The molecule has 0 aliphatic rings. The summed E-state index contributed by atoms with van der Waals surface area (Å²) in [6.45, 7) is 4.62. The van der Waals surface area contributed by atoms with Gasteiger partial charge in [0.2, 0.25) is 0 Å². The molecule has 2 aromatic rings. The van der Waals surface area contributed by atoms with E-state index in [9.17, 15) is 0 Å². The Labute approximate surface area is 108 Å². The molecule has 1 heterocycles. The van der Waals surface area contributed by atoms with Crippen molar-refractivity contribution in [3.63, 3.8) is 0 Å². The van der Waals surface area contributed by atoms with E-state index >= 15 is 0 Å². The second-order valence-corrected chi connectivity index (χ2v) is 4.15. The van der Waals surface area contributed by atoms with Crippen LogP contribution < -0.4 is 10.5 Å². The van der Waals surface area contributed by atoms with Gasteiger partial charge in [0.25, 0.3) is 0 Å². The predicted octanol–water partition coefficient (Wildman–Crippen LogP) is 2.84. The van der Waals surface area contributed by atoms with Crippen LogP contribution in [0.1, 0.15) is 29.8 Å². The lowest BCUT2D eigenvalue weighted by Gasteiger charge is -2.17. The lowest BCUT2D eigenvalue weighted by atomic mass is 10.00. The number of nitrogens with two attached hydrogens (primary N) is 1. The molecule has 2 rings (SSSR count). The Bertz CT molecular complexity index is 525. The standard InChI is InChI=1S/C15H18N2O/c1-3-18-13-9-5-4-8-12(13)14(16)15-11(2)7-6-10-17-15/h4-10,14H,3,16H2,1-2H3. The second-order valence-electron chi connectivity index (χ2n) is 4.15. The zero-order valence-electron chi connectivity index (χ0n) is 10.8. The molecule has 1 atom stereocenters. The van der Waals surface area contributed by atoms with Crippen LogP contribution in [0.15, 0.2) is 42.6 Å². The van der Waals surface area contributed by atoms with E-state index in [-0.39, 0.29) is 6.04 Å². The quantitative estimate of drug-likeness (QED) is 0.896. The van der Waals surface area contributed by atoms with Crippen molar-refractivity contribution in [2.24, 2.45) is 5.73 Å². The van der Waals surface area contributed by atoms with E-state index < -0.39 is 0 Å². The zero-order valence-corrected chi connectivity index (χ0v) is 10.8. The van der Waals surface area contributed by atoms with Crippen LogP contribution in [0.4, 0.5) is 0 Å². The van der Waals surface area contributed by atoms with Crippen LogP contribution in [0.25, 0.3) is 0 Å². The molecule has 1 unspecified atom stereocenters. The number of nitrogens with zero attached hydrogens (tertiary/aromatic N) is 1. The van der Waals surface area contributed by atoms with E-state index in [2.05, 4.69) is 4.98 Å². The topological polar surface area (TPSA) is 48.1 Å². The Balaban J connectivity index is 2.40. The SMILES string of the molecule is CCOc1ccccc1C(N)c1ncccc1C. The monoisotopic (exact) mass is 242 g/mol. The predicted molar refractivity (Wildman–Crippen MR) is 72.6 cm³/mol. The number of hydrogen-bond donors (Lipinski definition) is 1. The lowest BCUT2D eigenvalue weighted by Crippen LogP contribution is -2.16. The van der Waals surface area contributed by atoms with Crippen LogP contribution in [0.3, 0.4) is 0 Å². The fraction of sp³-hybridized carbons (Fsp3) is 0.267. The van der Waals surface area contributed by atoms with Crippen molar-refractivity contribution < 1.29 is 4.74 Å². The number of aromatic nitrogens is 1. The Morgan fingerprint density at radius 3 is 2.72 bits per heavy atom. The number of ether oxygens (including phenoxy) is 1. The third-order valence-corrected chi connectivity index (χ3v) is 2.90. The molecule has 0 aliphatic carbocycles. The molecule has 94 valence electrons. The number of hydrogen-bond acceptors (Lipinski definition) is 3. The lowest BCUT2D eigenvalue weighted by molar-refractivity contribution is 0.335. The molecular weight excluding hydrogens is 224 g/mol. The van der Waals surface area contributed by atoms with Crippen LogP contribution in [0, 0.1) is 6.92 Å². The van der Waals surface area contributed by atoms with Crippen molar-refractivity contribution >= 4 is 0 Å². The summed E-state index contributed by atoms with van der Waals surface area (Å²) in [5.41, 5.74) is 9.27. The summed E-state index contributed by atoms with van der Waals surface area (Å²) >= 11 is 0. The van der Waals surface area contributed by atoms with Gasteiger partial charge in [-0.3, -0.25) is 4.98 Å². The van der Waals surface area contributed by atoms with Crippen molar-refractivity contribution in [2.45, 2.75) is 19.9 Å². The van der Waals surface area contributed by atoms with E-state index in [0.29, 0.717) is 6.61 Å². The molecule has 1 aromatic heterocycles. The number of rotatable bonds is 4. The molecule has 3 heteroatoms. The van der Waals surface area contributed by atoms with Crippen LogP contribution >= 0.6 is 0 Å². The average molecular weight is 242 g/mol. The summed E-state index contributed by atoms with van der Waals surface area (Å²) in [7, 11) is 0. The maximum Gasteiger partial charge on any atom is 0.124 e. The molecular formula is C15H18N2O. The average Bonchev–Trinajstić information content (AvgIpc) is 2.40. The van der Waals surface area contributed by atoms with Gasteiger partial charge in [0, 0.05) is 11.8 Å². The first-order valence-corrected chi connectivity index (χ1v) is 6.13. The van der Waals surface area contributed by atoms with Gasteiger partial charge in [-0.05, 0) is 31.5 Å². The molecule has 0 radical (unpaired) electrons. The number of pyridine rings is 1. The van der Waals surface area contributed by atoms with Crippen molar-refractivity contribution in [1.29, 1.82) is 0 Å². The van der Waals surface area contributed by atoms with E-state index in [1.807, 2.05) is 50.2 Å². The molecule has 3 nitrogen and oxygen atoms in total. The summed E-state index contributed by atoms with van der Waals surface area (Å²) in [4.78, 5) is 4.38. The van der Waals surface area contributed by atoms with Gasteiger partial charge in [0.15, 0.2) is 0 Å². The van der Waals surface area contributed by atoms with Gasteiger partial charge >= 0.3 is 0 Å². The highest BCUT2D eigenvalue weighted by molar-refractivity contribution is 5.41. The smallest absolute Gasteiger partial charge is 0.124 e. The van der Waals surface area contributed by atoms with Crippen LogP contribution in [0.5, 0.6) is 5.75 Å². The van der Waals surface area contributed by atoms with Gasteiger partial charge in [-0.1, -0.05) is 24.3 Å². The third-order valence-electron chi connectivity index (χ3n) is 2.90. The van der Waals surface area contributed by atoms with Gasteiger partial charge in [0.05, 0.1) is 18.3 Å². The maximum absolute atomic E-state index is 6.31. The Morgan fingerprint density at radius 2 is 2.00 bits per heavy atom. The van der Waals surface area contributed by atoms with E-state index in [4.69, 9.17) is 10.5 Å². The van der Waals surface area contributed by atoms with Gasteiger partial charge in [-0.15, -0.1) is 0 Å². The first-order valence-electron chi connectivity index (χ1n) is 6.13. The highest BCUT2D eigenvalue weighted by atomic mass is 16.5. The Morgan fingerprint density at radius 1 is 1.22 bits per heavy atom. The van der Waals surface area contributed by atoms with Crippen LogP contribution in [0.2, 0.25) is 0 Å². The minimum absolute atomic E-state index is 0.256. The minimum Gasteiger partial charge on any atom is -0.494 e. The van der Waals surface area contributed by atoms with E-state index in [0.717, 1.165) is 22.6 Å². The molecule has 18 heavy (non-hydrogen) atoms. The normalized spacial score (nSPS) is 12.2. The van der Waals surface area contributed by atoms with Gasteiger partial charge in [-0.25, -0.2) is 0 Å². The first-order chi connectivity index (χ1) is 8.74. The fourth-order valence-electron chi connectivity index (χ4n) is 2.00. The molecule has 1 aromatic carbocycles. The molecule has 0 amide bonds. The number of para-hydroxylation sites is 1. The highest BCUT2D eigenvalue weighted by Gasteiger charge is 2.16. The molecule has 0 saturated heterocycles. The summed E-state index contributed by atoms with van der Waals surface area (Å²) < 4.78 is 5.61. The summed E-state index contributed by atoms with van der Waals surface area (Å²) in [6.07, 6.45) is 1.77. The van der Waals surface area contributed by atoms with Crippen molar-refractivity contribution in [3.05, 3.63) is 59.4 Å². The fourth-order valence-corrected chi connectivity index (χ4v) is 2.00. The Kier molecular flexibility index (Phi) is 3.95. The summed E-state index contributed by atoms with van der Waals surface area (Å²) in [6, 6.07) is 11.5. The summed E-state index contributed by atoms with van der Waals surface area (Å²) in [5.74, 6) is 0.831. The van der Waals surface area contributed by atoms with Crippen molar-refractivity contribution in [3.8, 4) is 5.75 Å². The van der Waals surface area contributed by atoms with Gasteiger partial charge in [-0.2, -0.15) is 0 Å². The second kappa shape index (κ2) is 5.65. The van der Waals surface area contributed by atoms with Crippen molar-refractivity contribution in [1.82, 2.24) is 4.98 Å². The van der Waals surface area contributed by atoms with E-state index in [1.165, 1.54) is 0 Å². The highest BCUT2D eigenvalue weighted by Crippen LogP contribution is 2.28. The molecule has 2 N–H and O–H groups in total. The minimum atomic E-state index is -0.256. The third kappa shape index (κ3) is 2.51. The molecule has 0 saturated carbocycles. The van der Waals surface area contributed by atoms with Crippen molar-refractivity contribution in [2.75, 3.05) is 6.61 Å². The number of benzene rings is 1. The zero-order chi connectivity index (χ0) is 13.0. The molecule has 0 spiro atoms. The molecule has 0 fully saturated rings. The largest absolute Gasteiger partial charge is 0.494 e. The molecule has 0 bridgehead atoms. The number of aryl methyl sites for hydroxylation is 1.